The topological polar surface area (TPSA) is 199 Å². The monoisotopic (exact) mass is 741 g/mol. The molecule has 3 saturated heterocycles. The lowest BCUT2D eigenvalue weighted by Crippen LogP contribution is -2.63. The van der Waals surface area contributed by atoms with Crippen LogP contribution in [0, 0.1) is 41.4 Å². The highest BCUT2D eigenvalue weighted by molar-refractivity contribution is 5.84. The van der Waals surface area contributed by atoms with Crippen molar-refractivity contribution in [3.05, 3.63) is 0 Å². The maximum Gasteiger partial charge on any atom is 0.337 e. The highest BCUT2D eigenvalue weighted by Crippen LogP contribution is 2.36. The molecule has 3 fully saturated rings. The van der Waals surface area contributed by atoms with Crippen molar-refractivity contribution >= 4 is 35.5 Å². The number of alkyl halides is 1. The van der Waals surface area contributed by atoms with Crippen molar-refractivity contribution in [1.29, 1.82) is 0 Å². The molecular weight excluding hydrogens is 681 g/mol. The summed E-state index contributed by atoms with van der Waals surface area (Å²) in [7, 11) is 0. The van der Waals surface area contributed by atoms with Crippen LogP contribution in [0.1, 0.15) is 69.2 Å². The van der Waals surface area contributed by atoms with Gasteiger partial charge < -0.3 is 45.5 Å². The third kappa shape index (κ3) is 10.4. The number of hydrogen-bond acceptors (Lipinski definition) is 10. The van der Waals surface area contributed by atoms with Crippen molar-refractivity contribution in [2.24, 2.45) is 41.4 Å². The van der Waals surface area contributed by atoms with Gasteiger partial charge in [-0.1, -0.05) is 48.5 Å². The van der Waals surface area contributed by atoms with E-state index in [1.165, 1.54) is 13.8 Å². The molecule has 0 spiro atoms. The van der Waals surface area contributed by atoms with Crippen molar-refractivity contribution in [2.75, 3.05) is 32.9 Å². The van der Waals surface area contributed by atoms with Crippen LogP contribution in [-0.4, -0.2) is 117 Å². The Bertz CT molecular complexity index is 1290. The lowest BCUT2D eigenvalue weighted by Gasteiger charge is -2.45. The SMILES string of the molecule is CCOC(=O)[C@@H]1O[C@H](CNC(=O)[C@@H]2O[C@H](CNC(=O)[C@@H]3O[C@H](CNC(=O)CF)[C@@H](C)[C@H](C)[C@H]3NC(C)=O)[C@@H](C)[C@H](C)[C@H]2C)[C@@H](C)[C@H](C)[C@H]1NC(C)=O. The molecule has 16 heteroatoms. The molecule has 3 rings (SSSR count). The van der Waals surface area contributed by atoms with Gasteiger partial charge in [-0.05, 0) is 48.3 Å². The van der Waals surface area contributed by atoms with Gasteiger partial charge in [0.25, 0.3) is 11.8 Å². The number of rotatable bonds is 13. The molecule has 0 aromatic rings. The zero-order valence-corrected chi connectivity index (χ0v) is 32.2. The summed E-state index contributed by atoms with van der Waals surface area (Å²) >= 11 is 0. The lowest BCUT2D eigenvalue weighted by molar-refractivity contribution is -0.180. The van der Waals surface area contributed by atoms with Gasteiger partial charge in [0.2, 0.25) is 17.7 Å². The van der Waals surface area contributed by atoms with Crippen molar-refractivity contribution in [3.8, 4) is 0 Å². The summed E-state index contributed by atoms with van der Waals surface area (Å²) in [6, 6.07) is -1.25. The first kappa shape index (κ1) is 43.0. The van der Waals surface area contributed by atoms with E-state index >= 15 is 0 Å². The summed E-state index contributed by atoms with van der Waals surface area (Å²) in [5, 5.41) is 14.0. The minimum absolute atomic E-state index is 0.00273. The summed E-state index contributed by atoms with van der Waals surface area (Å²) in [5.41, 5.74) is 0. The van der Waals surface area contributed by atoms with Crippen LogP contribution in [0.2, 0.25) is 0 Å². The van der Waals surface area contributed by atoms with E-state index in [1.807, 2.05) is 48.5 Å². The van der Waals surface area contributed by atoms with Gasteiger partial charge in [-0.3, -0.25) is 24.0 Å². The molecule has 0 bridgehead atoms. The maximum atomic E-state index is 13.7. The number of ether oxygens (including phenoxy) is 4. The Labute approximate surface area is 306 Å². The Balaban J connectivity index is 1.69. The minimum atomic E-state index is -1.17. The van der Waals surface area contributed by atoms with E-state index in [1.54, 1.807) is 6.92 Å². The van der Waals surface area contributed by atoms with E-state index < -0.39 is 73.2 Å². The fourth-order valence-corrected chi connectivity index (χ4v) is 7.61. The molecule has 0 unspecified atom stereocenters. The Morgan fingerprint density at radius 3 is 1.42 bits per heavy atom. The second-order valence-electron chi connectivity index (χ2n) is 14.9. The molecule has 0 saturated carbocycles. The summed E-state index contributed by atoms with van der Waals surface area (Å²) in [6.45, 7) is 17.2. The average molecular weight is 742 g/mol. The summed E-state index contributed by atoms with van der Waals surface area (Å²) in [4.78, 5) is 75.8. The number of esters is 1. The second kappa shape index (κ2) is 19.1. The number of hydrogen-bond donors (Lipinski definition) is 5. The molecule has 5 N–H and O–H groups in total. The molecule has 0 aliphatic carbocycles. The van der Waals surface area contributed by atoms with E-state index in [0.717, 1.165) is 0 Å². The molecule has 0 aromatic heterocycles. The van der Waals surface area contributed by atoms with Crippen LogP contribution < -0.4 is 26.6 Å². The molecule has 15 atom stereocenters. The fourth-order valence-electron chi connectivity index (χ4n) is 7.61. The number of halogens is 1. The van der Waals surface area contributed by atoms with Crippen molar-refractivity contribution < 1.29 is 52.1 Å². The van der Waals surface area contributed by atoms with Crippen LogP contribution in [-0.2, 0) is 47.7 Å². The molecular formula is C36H60FN5O10. The molecule has 52 heavy (non-hydrogen) atoms. The largest absolute Gasteiger partial charge is 0.464 e. The normalized spacial score (nSPS) is 37.6. The first-order chi connectivity index (χ1) is 24.4. The molecule has 5 amide bonds. The summed E-state index contributed by atoms with van der Waals surface area (Å²) in [5.74, 6) is -3.72. The molecule has 3 aliphatic rings. The van der Waals surface area contributed by atoms with Gasteiger partial charge in [0, 0.05) is 33.5 Å². The van der Waals surface area contributed by atoms with Gasteiger partial charge in [0.1, 0.15) is 6.10 Å². The zero-order valence-electron chi connectivity index (χ0n) is 32.2. The predicted molar refractivity (Wildman–Crippen MR) is 187 cm³/mol. The van der Waals surface area contributed by atoms with E-state index in [9.17, 15) is 33.2 Å². The lowest BCUT2D eigenvalue weighted by atomic mass is 9.76. The fraction of sp³-hybridized carbons (Fsp3) is 0.833. The van der Waals surface area contributed by atoms with Gasteiger partial charge in [-0.2, -0.15) is 0 Å². The second-order valence-corrected chi connectivity index (χ2v) is 14.9. The van der Waals surface area contributed by atoms with Crippen LogP contribution >= 0.6 is 0 Å². The smallest absolute Gasteiger partial charge is 0.337 e. The van der Waals surface area contributed by atoms with Crippen LogP contribution in [0.15, 0.2) is 0 Å². The van der Waals surface area contributed by atoms with Gasteiger partial charge in [0.05, 0.1) is 37.0 Å². The van der Waals surface area contributed by atoms with E-state index in [4.69, 9.17) is 18.9 Å². The number of carbonyl (C=O) groups is 6. The van der Waals surface area contributed by atoms with Crippen LogP contribution in [0.3, 0.4) is 0 Å². The van der Waals surface area contributed by atoms with Gasteiger partial charge >= 0.3 is 5.97 Å². The molecule has 3 aliphatic heterocycles. The van der Waals surface area contributed by atoms with Gasteiger partial charge in [0.15, 0.2) is 18.9 Å². The van der Waals surface area contributed by atoms with E-state index in [2.05, 4.69) is 26.6 Å². The minimum Gasteiger partial charge on any atom is -0.464 e. The van der Waals surface area contributed by atoms with Crippen molar-refractivity contribution in [1.82, 2.24) is 26.6 Å². The van der Waals surface area contributed by atoms with Crippen LogP contribution in [0.4, 0.5) is 4.39 Å². The molecule has 296 valence electrons. The highest BCUT2D eigenvalue weighted by Gasteiger charge is 2.48. The molecule has 0 radical (unpaired) electrons. The molecule has 0 aromatic carbocycles. The van der Waals surface area contributed by atoms with E-state index in [-0.39, 0.29) is 85.4 Å². The van der Waals surface area contributed by atoms with Gasteiger partial charge in [-0.25, -0.2) is 9.18 Å². The average Bonchev–Trinajstić information content (AvgIpc) is 3.09. The zero-order chi connectivity index (χ0) is 39.0. The third-order valence-corrected chi connectivity index (χ3v) is 11.7. The first-order valence-electron chi connectivity index (χ1n) is 18.5. The van der Waals surface area contributed by atoms with Crippen LogP contribution in [0.25, 0.3) is 0 Å². The molecule has 15 nitrogen and oxygen atoms in total. The molecule has 3 heterocycles. The first-order valence-corrected chi connectivity index (χ1v) is 18.5. The van der Waals surface area contributed by atoms with Crippen molar-refractivity contribution in [3.63, 3.8) is 0 Å². The quantitative estimate of drug-likeness (QED) is 0.167. The maximum absolute atomic E-state index is 13.7. The number of nitrogens with one attached hydrogen (secondary N) is 5. The van der Waals surface area contributed by atoms with Gasteiger partial charge in [-0.15, -0.1) is 0 Å². The Hall–Kier alpha value is -3.37. The Kier molecular flexibility index (Phi) is 15.8. The Morgan fingerprint density at radius 1 is 0.558 bits per heavy atom. The predicted octanol–water partition coefficient (Wildman–Crippen LogP) is 0.632. The number of carbonyl (C=O) groups excluding carboxylic acids is 6. The van der Waals surface area contributed by atoms with Crippen molar-refractivity contribution in [2.45, 2.75) is 118 Å². The summed E-state index contributed by atoms with van der Waals surface area (Å²) < 4.78 is 36.7. The standard InChI is InChI=1S/C36H60FN5O10/c1-11-49-36(48)33-30(42-24(10)44)21(7)19(5)27(52-33)15-39-34(46)31-22(8)16(2)17(3)26(50-31)14-40-35(47)32-29(41-23(9)43)20(6)18(4)25(51-32)13-38-28(45)12-37/h16-22,25-27,29-33H,11-15H2,1-10H3,(H,38,45)(H,39,46)(H,40,47)(H,41,43)(H,42,44)/t16-,17-,18-,19-,20-,21-,22+,25+,26+,27+,29+,30+,31+,32+,33+/m0/s1. The Morgan fingerprint density at radius 2 is 0.962 bits per heavy atom. The third-order valence-electron chi connectivity index (χ3n) is 11.7. The van der Waals surface area contributed by atoms with Crippen LogP contribution in [0.5, 0.6) is 0 Å². The highest BCUT2D eigenvalue weighted by atomic mass is 19.1. The number of amides is 5. The van der Waals surface area contributed by atoms with E-state index in [0.29, 0.717) is 0 Å². The summed E-state index contributed by atoms with van der Waals surface area (Å²) in [6.07, 6.45) is -4.67.